The van der Waals surface area contributed by atoms with E-state index in [1.165, 1.54) is 49.0 Å². The molecule has 0 unspecified atom stereocenters. The van der Waals surface area contributed by atoms with E-state index in [2.05, 4.69) is 167 Å². The van der Waals surface area contributed by atoms with E-state index in [0.717, 1.165) is 50.3 Å². The minimum atomic E-state index is 0.814. The van der Waals surface area contributed by atoms with E-state index in [-0.39, 0.29) is 0 Å². The summed E-state index contributed by atoms with van der Waals surface area (Å²) in [6.45, 7) is 0. The highest BCUT2D eigenvalue weighted by atomic mass is 15.1. The molecule has 0 radical (unpaired) electrons. The van der Waals surface area contributed by atoms with Crippen molar-refractivity contribution < 1.29 is 0 Å². The maximum atomic E-state index is 5.38. The number of rotatable bonds is 4. The van der Waals surface area contributed by atoms with Crippen molar-refractivity contribution >= 4 is 65.4 Å². The lowest BCUT2D eigenvalue weighted by Crippen LogP contribution is -2.03. The second-order valence-electron chi connectivity index (χ2n) is 13.4. The molecule has 11 rings (SSSR count). The fraction of sp³-hybridized carbons (Fsp3) is 0. The van der Waals surface area contributed by atoms with Gasteiger partial charge in [-0.05, 0) is 70.4 Å². The number of fused-ring (bicyclic) bond motifs is 9. The maximum Gasteiger partial charge on any atom is 0.165 e. The summed E-state index contributed by atoms with van der Waals surface area (Å²) in [6, 6.07) is 64.8. The predicted molar refractivity (Wildman–Crippen MR) is 217 cm³/mol. The van der Waals surface area contributed by atoms with Gasteiger partial charge in [0.1, 0.15) is 5.69 Å². The first-order valence-corrected chi connectivity index (χ1v) is 17.7. The quantitative estimate of drug-likeness (QED) is 0.188. The summed E-state index contributed by atoms with van der Waals surface area (Å²) < 4.78 is 4.77. The second-order valence-corrected chi connectivity index (χ2v) is 13.4. The first-order chi connectivity index (χ1) is 25.8. The SMILES string of the molecule is c1ccc(-c2nc3ccccc3nc2-n2c3ccccc3c3cc4c5c6ccccc6c(-c6ccccc6)cc5n(-c5ccccc5)c4cc32)cc1. The highest BCUT2D eigenvalue weighted by Gasteiger charge is 2.23. The number of para-hydroxylation sites is 4. The average Bonchev–Trinajstić information content (AvgIpc) is 3.72. The van der Waals surface area contributed by atoms with Crippen LogP contribution in [0.3, 0.4) is 0 Å². The lowest BCUT2D eigenvalue weighted by atomic mass is 9.94. The fourth-order valence-corrected chi connectivity index (χ4v) is 8.22. The predicted octanol–water partition coefficient (Wildman–Crippen LogP) is 12.3. The Balaban J connectivity index is 1.33. The summed E-state index contributed by atoms with van der Waals surface area (Å²) in [5.41, 5.74) is 11.7. The van der Waals surface area contributed by atoms with E-state index in [0.29, 0.717) is 0 Å². The molecule has 52 heavy (non-hydrogen) atoms. The molecule has 3 heterocycles. The molecule has 4 heteroatoms. The summed E-state index contributed by atoms with van der Waals surface area (Å²) >= 11 is 0. The van der Waals surface area contributed by atoms with Gasteiger partial charge < -0.3 is 4.57 Å². The number of benzene rings is 8. The van der Waals surface area contributed by atoms with Gasteiger partial charge in [0.2, 0.25) is 0 Å². The van der Waals surface area contributed by atoms with Crippen molar-refractivity contribution in [2.45, 2.75) is 0 Å². The van der Waals surface area contributed by atoms with Crippen LogP contribution in [0.4, 0.5) is 0 Å². The van der Waals surface area contributed by atoms with Crippen LogP contribution < -0.4 is 0 Å². The minimum Gasteiger partial charge on any atom is -0.309 e. The van der Waals surface area contributed by atoms with Crippen LogP contribution >= 0.6 is 0 Å². The number of aromatic nitrogens is 4. The second kappa shape index (κ2) is 11.2. The Kier molecular flexibility index (Phi) is 6.22. The van der Waals surface area contributed by atoms with Crippen molar-refractivity contribution in [3.63, 3.8) is 0 Å². The Hall–Kier alpha value is -7.04. The molecule has 0 aliphatic heterocycles. The van der Waals surface area contributed by atoms with Gasteiger partial charge in [0, 0.05) is 32.8 Å². The number of hydrogen-bond acceptors (Lipinski definition) is 2. The molecule has 0 fully saturated rings. The summed E-state index contributed by atoms with van der Waals surface area (Å²) in [7, 11) is 0. The summed E-state index contributed by atoms with van der Waals surface area (Å²) in [4.78, 5) is 10.6. The molecule has 0 amide bonds. The Bertz CT molecular complexity index is 3160. The third kappa shape index (κ3) is 4.21. The van der Waals surface area contributed by atoms with Crippen LogP contribution in [-0.4, -0.2) is 19.1 Å². The topological polar surface area (TPSA) is 35.6 Å². The zero-order chi connectivity index (χ0) is 34.2. The molecule has 4 nitrogen and oxygen atoms in total. The Morgan fingerprint density at radius 2 is 0.923 bits per heavy atom. The molecule has 0 saturated heterocycles. The van der Waals surface area contributed by atoms with Crippen molar-refractivity contribution in [2.24, 2.45) is 0 Å². The standard InChI is InChI=1S/C48H30N4/c1-4-16-31(17-5-1)37-29-45-46(36-24-11-10-22-34(36)37)39-28-38-35-23-12-15-27-42(35)52(43(38)30-44(39)51(45)33-20-8-3-9-21-33)48-47(32-18-6-2-7-19-32)49-40-25-13-14-26-41(40)50-48/h1-30H. The van der Waals surface area contributed by atoms with Crippen LogP contribution in [0.25, 0.3) is 99.3 Å². The molecular weight excluding hydrogens is 633 g/mol. The zero-order valence-corrected chi connectivity index (χ0v) is 28.1. The molecule has 0 aliphatic rings. The van der Waals surface area contributed by atoms with Crippen LogP contribution in [0.5, 0.6) is 0 Å². The molecule has 0 spiro atoms. The molecular formula is C48H30N4. The minimum absolute atomic E-state index is 0.814. The first kappa shape index (κ1) is 28.8. The van der Waals surface area contributed by atoms with Crippen molar-refractivity contribution in [1.82, 2.24) is 19.1 Å². The van der Waals surface area contributed by atoms with E-state index >= 15 is 0 Å². The van der Waals surface area contributed by atoms with Gasteiger partial charge in [-0.1, -0.05) is 133 Å². The molecule has 0 aliphatic carbocycles. The average molecular weight is 663 g/mol. The van der Waals surface area contributed by atoms with Crippen molar-refractivity contribution in [1.29, 1.82) is 0 Å². The van der Waals surface area contributed by atoms with Crippen LogP contribution in [0.15, 0.2) is 182 Å². The fourth-order valence-electron chi connectivity index (χ4n) is 8.22. The van der Waals surface area contributed by atoms with Gasteiger partial charge in [-0.3, -0.25) is 4.57 Å². The van der Waals surface area contributed by atoms with E-state index in [1.807, 2.05) is 24.3 Å². The molecule has 242 valence electrons. The molecule has 0 bridgehead atoms. The van der Waals surface area contributed by atoms with Crippen molar-refractivity contribution in [2.75, 3.05) is 0 Å². The highest BCUT2D eigenvalue weighted by Crippen LogP contribution is 2.44. The Morgan fingerprint density at radius 1 is 0.346 bits per heavy atom. The molecule has 3 aromatic heterocycles. The largest absolute Gasteiger partial charge is 0.309 e. The van der Waals surface area contributed by atoms with Gasteiger partial charge >= 0.3 is 0 Å². The monoisotopic (exact) mass is 662 g/mol. The third-order valence-corrected chi connectivity index (χ3v) is 10.5. The van der Waals surface area contributed by atoms with Crippen LogP contribution in [0.1, 0.15) is 0 Å². The Labute approximate surface area is 299 Å². The van der Waals surface area contributed by atoms with E-state index in [4.69, 9.17) is 9.97 Å². The Morgan fingerprint density at radius 3 is 1.67 bits per heavy atom. The molecule has 11 aromatic rings. The van der Waals surface area contributed by atoms with E-state index < -0.39 is 0 Å². The normalized spacial score (nSPS) is 11.8. The highest BCUT2D eigenvalue weighted by molar-refractivity contribution is 6.27. The summed E-state index contributed by atoms with van der Waals surface area (Å²) in [5, 5.41) is 7.32. The molecule has 0 saturated carbocycles. The van der Waals surface area contributed by atoms with Crippen molar-refractivity contribution in [3.05, 3.63) is 182 Å². The van der Waals surface area contributed by atoms with Crippen LogP contribution in [-0.2, 0) is 0 Å². The lowest BCUT2D eigenvalue weighted by molar-refractivity contribution is 1.08. The molecule has 8 aromatic carbocycles. The molecule has 0 atom stereocenters. The van der Waals surface area contributed by atoms with Gasteiger partial charge in [-0.25, -0.2) is 9.97 Å². The number of nitrogens with zero attached hydrogens (tertiary/aromatic N) is 4. The molecule has 0 N–H and O–H groups in total. The maximum absolute atomic E-state index is 5.38. The summed E-state index contributed by atoms with van der Waals surface area (Å²) in [5.74, 6) is 0.814. The van der Waals surface area contributed by atoms with Gasteiger partial charge in [-0.15, -0.1) is 0 Å². The van der Waals surface area contributed by atoms with E-state index in [9.17, 15) is 0 Å². The van der Waals surface area contributed by atoms with E-state index in [1.54, 1.807) is 0 Å². The zero-order valence-electron chi connectivity index (χ0n) is 28.1. The van der Waals surface area contributed by atoms with Gasteiger partial charge in [-0.2, -0.15) is 0 Å². The van der Waals surface area contributed by atoms with Gasteiger partial charge in [0.25, 0.3) is 0 Å². The smallest absolute Gasteiger partial charge is 0.165 e. The first-order valence-electron chi connectivity index (χ1n) is 17.7. The lowest BCUT2D eigenvalue weighted by Gasteiger charge is -2.14. The van der Waals surface area contributed by atoms with Crippen molar-refractivity contribution in [3.8, 4) is 33.9 Å². The summed E-state index contributed by atoms with van der Waals surface area (Å²) in [6.07, 6.45) is 0. The number of hydrogen-bond donors (Lipinski definition) is 0. The third-order valence-electron chi connectivity index (χ3n) is 10.5. The van der Waals surface area contributed by atoms with Crippen LogP contribution in [0, 0.1) is 0 Å². The van der Waals surface area contributed by atoms with Gasteiger partial charge in [0.15, 0.2) is 5.82 Å². The van der Waals surface area contributed by atoms with Crippen LogP contribution in [0.2, 0.25) is 0 Å². The van der Waals surface area contributed by atoms with Gasteiger partial charge in [0.05, 0.1) is 33.1 Å².